The van der Waals surface area contributed by atoms with E-state index in [2.05, 4.69) is 52.5 Å². The van der Waals surface area contributed by atoms with Gasteiger partial charge in [0.15, 0.2) is 0 Å². The molecule has 0 amide bonds. The Morgan fingerprint density at radius 2 is 2.10 bits per heavy atom. The van der Waals surface area contributed by atoms with Gasteiger partial charge in [-0.2, -0.15) is 5.10 Å². The minimum Gasteiger partial charge on any atom is -0.378 e. The summed E-state index contributed by atoms with van der Waals surface area (Å²) in [6.07, 6.45) is 2.30. The molecule has 0 spiro atoms. The predicted octanol–water partition coefficient (Wildman–Crippen LogP) is 1.67. The third-order valence-electron chi connectivity index (χ3n) is 3.51. The van der Waals surface area contributed by atoms with E-state index in [1.165, 1.54) is 0 Å². The molecule has 0 radical (unpaired) electrons. The van der Waals surface area contributed by atoms with Gasteiger partial charge in [-0.1, -0.05) is 12.1 Å². The zero-order chi connectivity index (χ0) is 15.4. The summed E-state index contributed by atoms with van der Waals surface area (Å²) >= 11 is 0. The molecule has 1 heterocycles. The lowest BCUT2D eigenvalue weighted by Crippen LogP contribution is -2.30. The molecule has 1 unspecified atom stereocenters. The Bertz CT molecular complexity index is 575. The van der Waals surface area contributed by atoms with Crippen molar-refractivity contribution in [2.24, 2.45) is 5.84 Å². The molecular formula is C15H24N6. The first-order valence-corrected chi connectivity index (χ1v) is 7.14. The van der Waals surface area contributed by atoms with Crippen LogP contribution in [-0.2, 0) is 6.42 Å². The van der Waals surface area contributed by atoms with Crippen LogP contribution in [0.15, 0.2) is 30.6 Å². The highest BCUT2D eigenvalue weighted by molar-refractivity contribution is 5.47. The smallest absolute Gasteiger partial charge is 0.138 e. The number of nitrogens with two attached hydrogens (primary N) is 1. The van der Waals surface area contributed by atoms with Gasteiger partial charge in [0, 0.05) is 32.2 Å². The van der Waals surface area contributed by atoms with Gasteiger partial charge in [-0.25, -0.2) is 9.67 Å². The highest BCUT2D eigenvalue weighted by Gasteiger charge is 2.16. The fourth-order valence-corrected chi connectivity index (χ4v) is 2.33. The lowest BCUT2D eigenvalue weighted by Gasteiger charge is -2.20. The van der Waals surface area contributed by atoms with Gasteiger partial charge in [0.2, 0.25) is 0 Å². The molecule has 2 aromatic rings. The molecule has 2 rings (SSSR count). The first kappa shape index (κ1) is 15.5. The molecule has 0 saturated heterocycles. The summed E-state index contributed by atoms with van der Waals surface area (Å²) in [5.41, 5.74) is 5.18. The summed E-state index contributed by atoms with van der Waals surface area (Å²) in [5, 5.41) is 4.27. The van der Waals surface area contributed by atoms with Crippen molar-refractivity contribution in [3.63, 3.8) is 0 Å². The molecule has 0 aliphatic rings. The number of hydrogen-bond donors (Lipinski definition) is 2. The summed E-state index contributed by atoms with van der Waals surface area (Å²) in [4.78, 5) is 6.43. The number of hydrazine groups is 1. The van der Waals surface area contributed by atoms with Crippen molar-refractivity contribution < 1.29 is 0 Å². The zero-order valence-corrected chi connectivity index (χ0v) is 13.1. The van der Waals surface area contributed by atoms with Crippen molar-refractivity contribution in [1.29, 1.82) is 0 Å². The number of benzene rings is 1. The summed E-state index contributed by atoms with van der Waals surface area (Å²) < 4.78 is 1.93. The number of nitrogens with zero attached hydrogens (tertiary/aromatic N) is 4. The van der Waals surface area contributed by atoms with Crippen LogP contribution in [0.25, 0.3) is 0 Å². The maximum absolute atomic E-state index is 5.75. The topological polar surface area (TPSA) is 72.0 Å². The number of rotatable bonds is 6. The number of nitrogens with one attached hydrogen (secondary N) is 1. The van der Waals surface area contributed by atoms with E-state index in [4.69, 9.17) is 5.84 Å². The Morgan fingerprint density at radius 1 is 1.33 bits per heavy atom. The highest BCUT2D eigenvalue weighted by Crippen LogP contribution is 2.22. The summed E-state index contributed by atoms with van der Waals surface area (Å²) in [5.74, 6) is 6.69. The van der Waals surface area contributed by atoms with Crippen molar-refractivity contribution in [2.75, 3.05) is 19.0 Å². The Kier molecular flexibility index (Phi) is 4.93. The molecule has 0 saturated carbocycles. The van der Waals surface area contributed by atoms with Gasteiger partial charge in [0.05, 0.1) is 6.04 Å². The van der Waals surface area contributed by atoms with Gasteiger partial charge in [0.1, 0.15) is 12.2 Å². The van der Waals surface area contributed by atoms with Crippen LogP contribution in [0.4, 0.5) is 5.69 Å². The normalized spacial score (nSPS) is 12.7. The largest absolute Gasteiger partial charge is 0.378 e. The molecular weight excluding hydrogens is 264 g/mol. The van der Waals surface area contributed by atoms with E-state index in [0.29, 0.717) is 6.42 Å². The molecule has 6 nitrogen and oxygen atoms in total. The molecule has 1 aromatic heterocycles. The van der Waals surface area contributed by atoms with Crippen molar-refractivity contribution >= 4 is 5.69 Å². The first-order valence-electron chi connectivity index (χ1n) is 7.14. The van der Waals surface area contributed by atoms with E-state index in [1.54, 1.807) is 6.33 Å². The molecule has 3 N–H and O–H groups in total. The zero-order valence-electron chi connectivity index (χ0n) is 13.1. The molecule has 0 aliphatic carbocycles. The molecule has 0 bridgehead atoms. The second-order valence-corrected chi connectivity index (χ2v) is 5.63. The average molecular weight is 288 g/mol. The van der Waals surface area contributed by atoms with Crippen molar-refractivity contribution in [1.82, 2.24) is 20.2 Å². The van der Waals surface area contributed by atoms with E-state index in [0.717, 1.165) is 17.1 Å². The summed E-state index contributed by atoms with van der Waals surface area (Å²) in [7, 11) is 4.05. The quantitative estimate of drug-likeness (QED) is 0.625. The fraction of sp³-hybridized carbons (Fsp3) is 0.467. The number of hydrogen-bond acceptors (Lipinski definition) is 5. The second-order valence-electron chi connectivity index (χ2n) is 5.63. The van der Waals surface area contributed by atoms with Crippen LogP contribution in [0.2, 0.25) is 0 Å². The van der Waals surface area contributed by atoms with E-state index < -0.39 is 0 Å². The van der Waals surface area contributed by atoms with Gasteiger partial charge in [-0.3, -0.25) is 11.3 Å². The predicted molar refractivity (Wildman–Crippen MR) is 84.9 cm³/mol. The third-order valence-corrected chi connectivity index (χ3v) is 3.51. The van der Waals surface area contributed by atoms with Crippen LogP contribution in [0.1, 0.15) is 37.3 Å². The molecule has 21 heavy (non-hydrogen) atoms. The lowest BCUT2D eigenvalue weighted by atomic mass is 10.0. The van der Waals surface area contributed by atoms with Gasteiger partial charge in [-0.15, -0.1) is 0 Å². The molecule has 0 fully saturated rings. The van der Waals surface area contributed by atoms with Gasteiger partial charge in [0.25, 0.3) is 0 Å². The maximum Gasteiger partial charge on any atom is 0.138 e. The number of aromatic nitrogens is 3. The van der Waals surface area contributed by atoms with E-state index in [9.17, 15) is 0 Å². The second kappa shape index (κ2) is 6.69. The fourth-order valence-electron chi connectivity index (χ4n) is 2.33. The van der Waals surface area contributed by atoms with Crippen LogP contribution in [0, 0.1) is 0 Å². The van der Waals surface area contributed by atoms with Crippen LogP contribution >= 0.6 is 0 Å². The SMILES string of the molecule is CC(C)n1ncnc1CC(NN)c1cccc(N(C)C)c1. The lowest BCUT2D eigenvalue weighted by molar-refractivity contribution is 0.468. The molecule has 1 aromatic carbocycles. The van der Waals surface area contributed by atoms with E-state index in [-0.39, 0.29) is 12.1 Å². The van der Waals surface area contributed by atoms with Crippen molar-refractivity contribution in [3.05, 3.63) is 42.0 Å². The summed E-state index contributed by atoms with van der Waals surface area (Å²) in [6, 6.07) is 8.63. The van der Waals surface area contributed by atoms with Crippen LogP contribution in [0.5, 0.6) is 0 Å². The molecule has 6 heteroatoms. The Morgan fingerprint density at radius 3 is 2.71 bits per heavy atom. The van der Waals surface area contributed by atoms with E-state index in [1.807, 2.05) is 24.8 Å². The highest BCUT2D eigenvalue weighted by atomic mass is 15.3. The standard InChI is InChI=1S/C15H24N6/c1-11(2)21-15(17-10-18-21)9-14(19-16)12-6-5-7-13(8-12)20(3)4/h5-8,10-11,14,19H,9,16H2,1-4H3. The van der Waals surface area contributed by atoms with Crippen LogP contribution in [-0.4, -0.2) is 28.9 Å². The molecule has 114 valence electrons. The van der Waals surface area contributed by atoms with Crippen molar-refractivity contribution in [3.8, 4) is 0 Å². The van der Waals surface area contributed by atoms with E-state index >= 15 is 0 Å². The minimum atomic E-state index is 0.00611. The van der Waals surface area contributed by atoms with Crippen LogP contribution < -0.4 is 16.2 Å². The van der Waals surface area contributed by atoms with Gasteiger partial charge in [-0.05, 0) is 31.5 Å². The van der Waals surface area contributed by atoms with Gasteiger partial charge < -0.3 is 4.90 Å². The molecule has 0 aliphatic heterocycles. The monoisotopic (exact) mass is 288 g/mol. The first-order chi connectivity index (χ1) is 10.0. The van der Waals surface area contributed by atoms with Gasteiger partial charge >= 0.3 is 0 Å². The Hall–Kier alpha value is -1.92. The van der Waals surface area contributed by atoms with Crippen molar-refractivity contribution in [2.45, 2.75) is 32.4 Å². The Balaban J connectivity index is 2.24. The average Bonchev–Trinajstić information content (AvgIpc) is 2.93. The third kappa shape index (κ3) is 3.59. The number of anilines is 1. The summed E-state index contributed by atoms with van der Waals surface area (Å²) in [6.45, 7) is 4.19. The maximum atomic E-state index is 5.75. The molecule has 1 atom stereocenters. The Labute approximate surface area is 125 Å². The minimum absolute atomic E-state index is 0.00611. The van der Waals surface area contributed by atoms with Crippen LogP contribution in [0.3, 0.4) is 0 Å².